The van der Waals surface area contributed by atoms with Gasteiger partial charge in [-0.15, -0.1) is 0 Å². The van der Waals surface area contributed by atoms with Crippen LogP contribution in [0.1, 0.15) is 31.2 Å². The lowest BCUT2D eigenvalue weighted by atomic mass is 9.92. The van der Waals surface area contributed by atoms with Gasteiger partial charge < -0.3 is 5.73 Å². The molecular formula is C13H19N3O4S. The van der Waals surface area contributed by atoms with Crippen LogP contribution in [0.3, 0.4) is 0 Å². The summed E-state index contributed by atoms with van der Waals surface area (Å²) in [4.78, 5) is 10.3. The first-order chi connectivity index (χ1) is 9.89. The number of benzene rings is 1. The number of nitro groups is 1. The van der Waals surface area contributed by atoms with Crippen molar-refractivity contribution in [3.05, 3.63) is 39.9 Å². The Morgan fingerprint density at radius 2 is 1.95 bits per heavy atom. The average molecular weight is 313 g/mol. The summed E-state index contributed by atoms with van der Waals surface area (Å²) < 4.78 is 27.0. The number of nitro benzene ring substituents is 1. The second-order valence-corrected chi connectivity index (χ2v) is 7.07. The molecule has 0 amide bonds. The molecule has 2 unspecified atom stereocenters. The predicted octanol–water partition coefficient (Wildman–Crippen LogP) is 1.28. The lowest BCUT2D eigenvalue weighted by molar-refractivity contribution is -0.385. The van der Waals surface area contributed by atoms with Gasteiger partial charge in [-0.05, 0) is 12.8 Å². The van der Waals surface area contributed by atoms with Crippen LogP contribution in [0.5, 0.6) is 0 Å². The van der Waals surface area contributed by atoms with Gasteiger partial charge in [0.25, 0.3) is 5.69 Å². The Labute approximate surface area is 123 Å². The summed E-state index contributed by atoms with van der Waals surface area (Å²) in [7, 11) is -3.66. The summed E-state index contributed by atoms with van der Waals surface area (Å²) in [6.45, 7) is 0. The fourth-order valence-corrected chi connectivity index (χ4v) is 4.08. The highest BCUT2D eigenvalue weighted by Gasteiger charge is 2.27. The fourth-order valence-electron chi connectivity index (χ4n) is 2.59. The lowest BCUT2D eigenvalue weighted by Crippen LogP contribution is -2.49. The Morgan fingerprint density at radius 1 is 1.29 bits per heavy atom. The maximum absolute atomic E-state index is 12.2. The van der Waals surface area contributed by atoms with E-state index in [1.165, 1.54) is 18.2 Å². The third-order valence-electron chi connectivity index (χ3n) is 3.68. The topological polar surface area (TPSA) is 115 Å². The van der Waals surface area contributed by atoms with Crippen LogP contribution in [0.25, 0.3) is 0 Å². The quantitative estimate of drug-likeness (QED) is 0.627. The zero-order valence-electron chi connectivity index (χ0n) is 11.6. The van der Waals surface area contributed by atoms with E-state index in [2.05, 4.69) is 4.72 Å². The van der Waals surface area contributed by atoms with E-state index in [4.69, 9.17) is 5.73 Å². The molecule has 1 saturated carbocycles. The molecule has 0 aromatic heterocycles. The minimum Gasteiger partial charge on any atom is -0.326 e. The SMILES string of the molecule is NC1CCCCC1NS(=O)(=O)Cc1ccccc1[N+](=O)[O-]. The lowest BCUT2D eigenvalue weighted by Gasteiger charge is -2.29. The van der Waals surface area contributed by atoms with Gasteiger partial charge in [-0.2, -0.15) is 0 Å². The van der Waals surface area contributed by atoms with Crippen LogP contribution in [0.4, 0.5) is 5.69 Å². The molecule has 8 heteroatoms. The maximum atomic E-state index is 12.2. The van der Waals surface area contributed by atoms with E-state index < -0.39 is 20.7 Å². The van der Waals surface area contributed by atoms with E-state index in [9.17, 15) is 18.5 Å². The third kappa shape index (κ3) is 4.23. The largest absolute Gasteiger partial charge is 0.326 e. The van der Waals surface area contributed by atoms with Crippen molar-refractivity contribution < 1.29 is 13.3 Å². The number of nitrogens with one attached hydrogen (secondary N) is 1. The minimum absolute atomic E-state index is 0.180. The Morgan fingerprint density at radius 3 is 2.62 bits per heavy atom. The number of hydrogen-bond donors (Lipinski definition) is 2. The Balaban J connectivity index is 2.12. The number of para-hydroxylation sites is 1. The predicted molar refractivity (Wildman–Crippen MR) is 79.1 cm³/mol. The summed E-state index contributed by atoms with van der Waals surface area (Å²) in [5.41, 5.74) is 5.92. The molecule has 1 aliphatic rings. The van der Waals surface area contributed by atoms with Gasteiger partial charge in [0, 0.05) is 23.7 Å². The maximum Gasteiger partial charge on any atom is 0.273 e. The monoisotopic (exact) mass is 313 g/mol. The molecule has 0 spiro atoms. The van der Waals surface area contributed by atoms with Crippen LogP contribution in [0.2, 0.25) is 0 Å². The van der Waals surface area contributed by atoms with E-state index in [0.717, 1.165) is 19.3 Å². The van der Waals surface area contributed by atoms with Gasteiger partial charge in [0.2, 0.25) is 10.0 Å². The molecule has 2 atom stereocenters. The van der Waals surface area contributed by atoms with Gasteiger partial charge in [0.15, 0.2) is 0 Å². The van der Waals surface area contributed by atoms with Gasteiger partial charge >= 0.3 is 0 Å². The van der Waals surface area contributed by atoms with Crippen LogP contribution < -0.4 is 10.5 Å². The van der Waals surface area contributed by atoms with Crippen LogP contribution in [-0.4, -0.2) is 25.4 Å². The second kappa shape index (κ2) is 6.50. The highest BCUT2D eigenvalue weighted by Crippen LogP contribution is 2.22. The van der Waals surface area contributed by atoms with Crippen molar-refractivity contribution in [2.24, 2.45) is 5.73 Å². The zero-order valence-corrected chi connectivity index (χ0v) is 12.4. The first-order valence-corrected chi connectivity index (χ1v) is 8.52. The minimum atomic E-state index is -3.66. The van der Waals surface area contributed by atoms with E-state index in [-0.39, 0.29) is 23.3 Å². The normalized spacial score (nSPS) is 22.9. The average Bonchev–Trinajstić information content (AvgIpc) is 2.41. The summed E-state index contributed by atoms with van der Waals surface area (Å²) in [5.74, 6) is -0.409. The van der Waals surface area contributed by atoms with Crippen molar-refractivity contribution in [2.75, 3.05) is 0 Å². The van der Waals surface area contributed by atoms with Crippen LogP contribution in [0.15, 0.2) is 24.3 Å². The highest BCUT2D eigenvalue weighted by atomic mass is 32.2. The summed E-state index contributed by atoms with van der Waals surface area (Å²) in [5, 5.41) is 10.9. The van der Waals surface area contributed by atoms with Gasteiger partial charge in [-0.3, -0.25) is 10.1 Å². The van der Waals surface area contributed by atoms with Crippen molar-refractivity contribution in [3.63, 3.8) is 0 Å². The van der Waals surface area contributed by atoms with Crippen molar-refractivity contribution in [2.45, 2.75) is 43.5 Å². The molecule has 0 aliphatic heterocycles. The van der Waals surface area contributed by atoms with Crippen molar-refractivity contribution >= 4 is 15.7 Å². The molecule has 0 bridgehead atoms. The van der Waals surface area contributed by atoms with E-state index in [1.807, 2.05) is 0 Å². The molecule has 3 N–H and O–H groups in total. The summed E-state index contributed by atoms with van der Waals surface area (Å²) in [6.07, 6.45) is 3.44. The summed E-state index contributed by atoms with van der Waals surface area (Å²) in [6, 6.07) is 5.38. The van der Waals surface area contributed by atoms with Gasteiger partial charge in [-0.1, -0.05) is 31.0 Å². The number of nitrogens with two attached hydrogens (primary N) is 1. The van der Waals surface area contributed by atoms with Crippen LogP contribution in [0, 0.1) is 10.1 Å². The van der Waals surface area contributed by atoms with Crippen molar-refractivity contribution in [1.29, 1.82) is 0 Å². The number of rotatable bonds is 5. The molecular weight excluding hydrogens is 294 g/mol. The molecule has 0 saturated heterocycles. The van der Waals surface area contributed by atoms with Crippen LogP contribution in [-0.2, 0) is 15.8 Å². The molecule has 21 heavy (non-hydrogen) atoms. The van der Waals surface area contributed by atoms with Gasteiger partial charge in [0.1, 0.15) is 0 Å². The molecule has 0 radical (unpaired) electrons. The zero-order chi connectivity index (χ0) is 15.5. The molecule has 1 aromatic carbocycles. The molecule has 1 aliphatic carbocycles. The summed E-state index contributed by atoms with van der Waals surface area (Å²) >= 11 is 0. The molecule has 2 rings (SSSR count). The Kier molecular flexibility index (Phi) is 4.92. The number of sulfonamides is 1. The van der Waals surface area contributed by atoms with Gasteiger partial charge in [-0.25, -0.2) is 13.1 Å². The number of hydrogen-bond acceptors (Lipinski definition) is 5. The Bertz CT molecular complexity index is 618. The number of nitrogens with zero attached hydrogens (tertiary/aromatic N) is 1. The van der Waals surface area contributed by atoms with E-state index in [1.54, 1.807) is 6.07 Å². The standard InChI is InChI=1S/C13H19N3O4S/c14-11-6-2-3-7-12(11)15-21(19,20)9-10-5-1-4-8-13(10)16(17)18/h1,4-5,8,11-12,15H,2-3,6-7,9,14H2. The van der Waals surface area contributed by atoms with Gasteiger partial charge in [0.05, 0.1) is 10.7 Å². The van der Waals surface area contributed by atoms with E-state index in [0.29, 0.717) is 6.42 Å². The third-order valence-corrected chi connectivity index (χ3v) is 5.04. The van der Waals surface area contributed by atoms with E-state index >= 15 is 0 Å². The first-order valence-electron chi connectivity index (χ1n) is 6.87. The molecule has 1 fully saturated rings. The molecule has 7 nitrogen and oxygen atoms in total. The van der Waals surface area contributed by atoms with Crippen molar-refractivity contribution in [1.82, 2.24) is 4.72 Å². The fraction of sp³-hybridized carbons (Fsp3) is 0.538. The highest BCUT2D eigenvalue weighted by molar-refractivity contribution is 7.88. The molecule has 0 heterocycles. The van der Waals surface area contributed by atoms with Crippen molar-refractivity contribution in [3.8, 4) is 0 Å². The molecule has 116 valence electrons. The molecule has 1 aromatic rings. The smallest absolute Gasteiger partial charge is 0.273 e. The van der Waals surface area contributed by atoms with Crippen LogP contribution >= 0.6 is 0 Å². The second-order valence-electron chi connectivity index (χ2n) is 5.32. The first kappa shape index (κ1) is 15.9. The Hall–Kier alpha value is -1.51.